The molecule has 0 aliphatic carbocycles. The molecule has 0 atom stereocenters. The maximum atomic E-state index is 6.21. The van der Waals surface area contributed by atoms with Gasteiger partial charge in [-0.05, 0) is 63.1 Å². The summed E-state index contributed by atoms with van der Waals surface area (Å²) in [4.78, 5) is 6.92. The lowest BCUT2D eigenvalue weighted by Crippen LogP contribution is -2.44. The molecule has 1 heterocycles. The van der Waals surface area contributed by atoms with Gasteiger partial charge in [0.25, 0.3) is 0 Å². The Morgan fingerprint density at radius 1 is 1.16 bits per heavy atom. The summed E-state index contributed by atoms with van der Waals surface area (Å²) in [6.45, 7) is 9.83. The quantitative estimate of drug-likeness (QED) is 0.542. The molecule has 0 N–H and O–H groups in total. The predicted molar refractivity (Wildman–Crippen MR) is 111 cm³/mol. The van der Waals surface area contributed by atoms with Crippen molar-refractivity contribution in [2.75, 3.05) is 11.4 Å². The van der Waals surface area contributed by atoms with Gasteiger partial charge >= 0.3 is 0 Å². The molecule has 25 heavy (non-hydrogen) atoms. The number of allylic oxidation sites excluding steroid dienone is 1. The van der Waals surface area contributed by atoms with Gasteiger partial charge in [-0.1, -0.05) is 41.4 Å². The normalized spacial score (nSPS) is 16.1. The predicted octanol–water partition coefficient (Wildman–Crippen LogP) is 6.77. The molecule has 0 unspecified atom stereocenters. The molecule has 0 amide bonds. The number of fused-ring (bicyclic) bond motifs is 1. The van der Waals surface area contributed by atoms with Crippen molar-refractivity contribution in [2.24, 2.45) is 4.99 Å². The van der Waals surface area contributed by atoms with Gasteiger partial charge in [-0.15, -0.1) is 0 Å². The lowest BCUT2D eigenvalue weighted by molar-refractivity contribution is 0.566. The molecule has 2 aromatic carbocycles. The molecular formula is C21H22Cl2N2. The van der Waals surface area contributed by atoms with E-state index >= 15 is 0 Å². The first-order chi connectivity index (χ1) is 11.8. The number of nitrogens with zero attached hydrogens (tertiary/aromatic N) is 2. The van der Waals surface area contributed by atoms with E-state index in [1.165, 1.54) is 16.8 Å². The average molecular weight is 373 g/mol. The van der Waals surface area contributed by atoms with Gasteiger partial charge in [0.2, 0.25) is 0 Å². The zero-order chi connectivity index (χ0) is 18.2. The average Bonchev–Trinajstić information content (AvgIpc) is 2.56. The maximum Gasteiger partial charge on any atom is 0.0848 e. The van der Waals surface area contributed by atoms with E-state index in [-0.39, 0.29) is 5.54 Å². The Morgan fingerprint density at radius 2 is 1.92 bits per heavy atom. The molecule has 0 spiro atoms. The zero-order valence-electron chi connectivity index (χ0n) is 15.0. The summed E-state index contributed by atoms with van der Waals surface area (Å²) in [5.74, 6) is 0. The minimum atomic E-state index is 0.0236. The summed E-state index contributed by atoms with van der Waals surface area (Å²) >= 11 is 12.3. The standard InChI is InChI=1S/C21H22Cl2N2/c1-5-25-19-10-9-15(11-16(19)14(2)12-21(25,3)4)13-24-18-8-6-7-17(22)20(18)23/h6-13H,5H2,1-4H3. The lowest BCUT2D eigenvalue weighted by atomic mass is 9.88. The third-order valence-electron chi connectivity index (χ3n) is 4.60. The second kappa shape index (κ2) is 6.86. The van der Waals surface area contributed by atoms with Crippen molar-refractivity contribution in [3.05, 3.63) is 63.6 Å². The van der Waals surface area contributed by atoms with Crippen LogP contribution in [0.5, 0.6) is 0 Å². The van der Waals surface area contributed by atoms with E-state index in [0.29, 0.717) is 15.7 Å². The van der Waals surface area contributed by atoms with Crippen LogP contribution in [0.3, 0.4) is 0 Å². The van der Waals surface area contributed by atoms with Crippen LogP contribution in [0, 0.1) is 0 Å². The first-order valence-corrected chi connectivity index (χ1v) is 9.18. The Balaban J connectivity index is 1.98. The fourth-order valence-electron chi connectivity index (χ4n) is 3.50. The molecule has 1 aliphatic rings. The Bertz CT molecular complexity index is 866. The van der Waals surface area contributed by atoms with Gasteiger partial charge in [-0.25, -0.2) is 0 Å². The molecule has 3 rings (SSSR count). The number of halogens is 2. The summed E-state index contributed by atoms with van der Waals surface area (Å²) in [5, 5.41) is 0.995. The molecule has 0 fully saturated rings. The molecular weight excluding hydrogens is 351 g/mol. The first-order valence-electron chi connectivity index (χ1n) is 8.43. The van der Waals surface area contributed by atoms with E-state index in [2.05, 4.69) is 61.9 Å². The van der Waals surface area contributed by atoms with Crippen LogP contribution >= 0.6 is 23.2 Å². The van der Waals surface area contributed by atoms with E-state index in [1.54, 1.807) is 6.07 Å². The van der Waals surface area contributed by atoms with Crippen LogP contribution in [0.4, 0.5) is 11.4 Å². The first kappa shape index (κ1) is 18.0. The zero-order valence-corrected chi connectivity index (χ0v) is 16.5. The fraction of sp³-hybridized carbons (Fsp3) is 0.286. The number of anilines is 1. The highest BCUT2D eigenvalue weighted by Crippen LogP contribution is 2.39. The number of hydrogen-bond donors (Lipinski definition) is 0. The summed E-state index contributed by atoms with van der Waals surface area (Å²) in [6.07, 6.45) is 4.16. The highest BCUT2D eigenvalue weighted by Gasteiger charge is 2.29. The van der Waals surface area contributed by atoms with Gasteiger partial charge in [0.1, 0.15) is 0 Å². The van der Waals surface area contributed by atoms with Crippen LogP contribution in [0.25, 0.3) is 5.57 Å². The Kier molecular flexibility index (Phi) is 4.95. The van der Waals surface area contributed by atoms with E-state index in [4.69, 9.17) is 23.2 Å². The minimum Gasteiger partial charge on any atom is -0.363 e. The van der Waals surface area contributed by atoms with E-state index in [1.807, 2.05) is 18.3 Å². The molecule has 2 nitrogen and oxygen atoms in total. The third-order valence-corrected chi connectivity index (χ3v) is 5.41. The van der Waals surface area contributed by atoms with Crippen LogP contribution in [0.2, 0.25) is 10.0 Å². The second-order valence-corrected chi connectivity index (χ2v) is 7.62. The van der Waals surface area contributed by atoms with Crippen molar-refractivity contribution < 1.29 is 0 Å². The molecule has 2 aromatic rings. The number of hydrogen-bond acceptors (Lipinski definition) is 2. The minimum absolute atomic E-state index is 0.0236. The Hall–Kier alpha value is -1.77. The molecule has 0 saturated carbocycles. The van der Waals surface area contributed by atoms with Crippen LogP contribution < -0.4 is 4.90 Å². The van der Waals surface area contributed by atoms with Crippen molar-refractivity contribution in [3.8, 4) is 0 Å². The van der Waals surface area contributed by atoms with Crippen LogP contribution in [0.15, 0.2) is 47.5 Å². The van der Waals surface area contributed by atoms with Gasteiger partial charge in [-0.3, -0.25) is 4.99 Å². The molecule has 1 aliphatic heterocycles. The molecule has 0 aromatic heterocycles. The largest absolute Gasteiger partial charge is 0.363 e. The third kappa shape index (κ3) is 3.47. The SMILES string of the molecule is CCN1c2ccc(C=Nc3cccc(Cl)c3Cl)cc2C(C)=CC1(C)C. The summed E-state index contributed by atoms with van der Waals surface area (Å²) in [6, 6.07) is 11.9. The van der Waals surface area contributed by atoms with Crippen molar-refractivity contribution in [3.63, 3.8) is 0 Å². The number of likely N-dealkylation sites (N-methyl/N-ethyl adjacent to an activating group) is 1. The molecule has 4 heteroatoms. The van der Waals surface area contributed by atoms with Gasteiger partial charge in [0, 0.05) is 24.0 Å². The smallest absolute Gasteiger partial charge is 0.0848 e. The number of rotatable bonds is 3. The Morgan fingerprint density at radius 3 is 2.64 bits per heavy atom. The maximum absolute atomic E-state index is 6.21. The van der Waals surface area contributed by atoms with Crippen molar-refractivity contribution in [1.29, 1.82) is 0 Å². The number of aliphatic imine (C=N–C) groups is 1. The van der Waals surface area contributed by atoms with Gasteiger partial charge in [0.15, 0.2) is 0 Å². The molecule has 0 radical (unpaired) electrons. The van der Waals surface area contributed by atoms with Crippen LogP contribution in [-0.2, 0) is 0 Å². The summed E-state index contributed by atoms with van der Waals surface area (Å²) in [5.41, 5.74) is 5.55. The molecule has 0 bridgehead atoms. The Labute approximate surface area is 159 Å². The van der Waals surface area contributed by atoms with Gasteiger partial charge in [0.05, 0.1) is 21.3 Å². The monoisotopic (exact) mass is 372 g/mol. The topological polar surface area (TPSA) is 15.6 Å². The van der Waals surface area contributed by atoms with Gasteiger partial charge < -0.3 is 4.90 Å². The molecule has 0 saturated heterocycles. The number of benzene rings is 2. The fourth-order valence-corrected chi connectivity index (χ4v) is 3.84. The van der Waals surface area contributed by atoms with Crippen molar-refractivity contribution in [1.82, 2.24) is 0 Å². The molecule has 130 valence electrons. The highest BCUT2D eigenvalue weighted by atomic mass is 35.5. The van der Waals surface area contributed by atoms with Crippen molar-refractivity contribution >= 4 is 46.4 Å². The van der Waals surface area contributed by atoms with E-state index < -0.39 is 0 Å². The van der Waals surface area contributed by atoms with Crippen molar-refractivity contribution in [2.45, 2.75) is 33.2 Å². The lowest BCUT2D eigenvalue weighted by Gasteiger charge is -2.42. The van der Waals surface area contributed by atoms with Gasteiger partial charge in [-0.2, -0.15) is 0 Å². The van der Waals surface area contributed by atoms with E-state index in [0.717, 1.165) is 12.1 Å². The van der Waals surface area contributed by atoms with Crippen LogP contribution in [-0.4, -0.2) is 18.3 Å². The summed E-state index contributed by atoms with van der Waals surface area (Å²) in [7, 11) is 0. The van der Waals surface area contributed by atoms with Crippen LogP contribution in [0.1, 0.15) is 38.8 Å². The second-order valence-electron chi connectivity index (χ2n) is 6.83. The summed E-state index contributed by atoms with van der Waals surface area (Å²) < 4.78 is 0. The highest BCUT2D eigenvalue weighted by molar-refractivity contribution is 6.43. The van der Waals surface area contributed by atoms with E-state index in [9.17, 15) is 0 Å².